The van der Waals surface area contributed by atoms with Crippen molar-refractivity contribution in [1.29, 1.82) is 0 Å². The summed E-state index contributed by atoms with van der Waals surface area (Å²) in [6.07, 6.45) is 4.35. The maximum absolute atomic E-state index is 11.5. The van der Waals surface area contributed by atoms with Crippen LogP contribution in [0.1, 0.15) is 42.0 Å². The summed E-state index contributed by atoms with van der Waals surface area (Å²) >= 11 is 0. The summed E-state index contributed by atoms with van der Waals surface area (Å²) in [6.45, 7) is 1.81. The summed E-state index contributed by atoms with van der Waals surface area (Å²) in [5, 5.41) is 4.07. The molecule has 1 aromatic heterocycles. The highest BCUT2D eigenvalue weighted by molar-refractivity contribution is 5.93. The van der Waals surface area contributed by atoms with Crippen LogP contribution in [0.15, 0.2) is 21.7 Å². The van der Waals surface area contributed by atoms with Crippen LogP contribution in [0.3, 0.4) is 0 Å². The number of carbonyl (C=O) groups is 1. The molecule has 0 radical (unpaired) electrons. The minimum Gasteiger partial charge on any atom is -0.456 e. The molecular formula is C11H14N2O2. The number of hydrogen-bond acceptors (Lipinski definition) is 3. The highest BCUT2D eigenvalue weighted by Crippen LogP contribution is 2.14. The minimum absolute atomic E-state index is 0.275. The highest BCUT2D eigenvalue weighted by Gasteiger charge is 2.11. The second-order valence-electron chi connectivity index (χ2n) is 3.74. The SMILES string of the molecule is Cc1ccc(C(=O)NN=C2CCCC2)o1. The normalized spacial score (nSPS) is 15.4. The Morgan fingerprint density at radius 1 is 1.40 bits per heavy atom. The molecule has 80 valence electrons. The summed E-state index contributed by atoms with van der Waals surface area (Å²) in [4.78, 5) is 11.5. The van der Waals surface area contributed by atoms with Crippen molar-refractivity contribution in [1.82, 2.24) is 5.43 Å². The van der Waals surface area contributed by atoms with E-state index in [-0.39, 0.29) is 5.91 Å². The Labute approximate surface area is 88.4 Å². The maximum atomic E-state index is 11.5. The molecule has 0 unspecified atom stereocenters. The number of rotatable bonds is 2. The van der Waals surface area contributed by atoms with Crippen LogP contribution in [0.25, 0.3) is 0 Å². The van der Waals surface area contributed by atoms with Crippen molar-refractivity contribution in [3.63, 3.8) is 0 Å². The van der Waals surface area contributed by atoms with E-state index in [1.807, 2.05) is 0 Å². The number of amides is 1. The van der Waals surface area contributed by atoms with Crippen LogP contribution in [-0.2, 0) is 0 Å². The molecule has 1 fully saturated rings. The first-order valence-corrected chi connectivity index (χ1v) is 5.18. The van der Waals surface area contributed by atoms with Gasteiger partial charge in [-0.25, -0.2) is 5.43 Å². The van der Waals surface area contributed by atoms with Gasteiger partial charge in [0, 0.05) is 5.71 Å². The van der Waals surface area contributed by atoms with E-state index in [0.29, 0.717) is 5.76 Å². The van der Waals surface area contributed by atoms with Gasteiger partial charge in [0.15, 0.2) is 5.76 Å². The molecule has 0 bridgehead atoms. The molecule has 1 amide bonds. The molecule has 2 rings (SSSR count). The molecule has 1 aliphatic rings. The fourth-order valence-corrected chi connectivity index (χ4v) is 1.64. The van der Waals surface area contributed by atoms with Gasteiger partial charge in [0.2, 0.25) is 0 Å². The Balaban J connectivity index is 1.95. The van der Waals surface area contributed by atoms with Crippen LogP contribution in [-0.4, -0.2) is 11.6 Å². The molecule has 0 aromatic carbocycles. The molecule has 4 heteroatoms. The standard InChI is InChI=1S/C11H14N2O2/c1-8-6-7-10(15-8)11(14)13-12-9-4-2-3-5-9/h6-7H,2-5H2,1H3,(H,13,14). The fourth-order valence-electron chi connectivity index (χ4n) is 1.64. The second-order valence-corrected chi connectivity index (χ2v) is 3.74. The zero-order chi connectivity index (χ0) is 10.7. The molecule has 0 spiro atoms. The van der Waals surface area contributed by atoms with Crippen LogP contribution in [0, 0.1) is 6.92 Å². The summed E-state index contributed by atoms with van der Waals surface area (Å²) in [5.41, 5.74) is 3.59. The zero-order valence-electron chi connectivity index (χ0n) is 8.75. The third-order valence-corrected chi connectivity index (χ3v) is 2.46. The number of nitrogens with one attached hydrogen (secondary N) is 1. The van der Waals surface area contributed by atoms with Gasteiger partial charge >= 0.3 is 5.91 Å². The van der Waals surface area contributed by atoms with E-state index in [9.17, 15) is 4.79 Å². The Kier molecular flexibility index (Phi) is 2.85. The Hall–Kier alpha value is -1.58. The lowest BCUT2D eigenvalue weighted by molar-refractivity contribution is 0.0926. The monoisotopic (exact) mass is 206 g/mol. The summed E-state index contributed by atoms with van der Waals surface area (Å²) in [5.74, 6) is 0.769. The van der Waals surface area contributed by atoms with E-state index in [0.717, 1.165) is 24.3 Å². The number of hydrazone groups is 1. The third kappa shape index (κ3) is 2.46. The van der Waals surface area contributed by atoms with Gasteiger partial charge in [-0.15, -0.1) is 0 Å². The van der Waals surface area contributed by atoms with Crippen LogP contribution in [0.5, 0.6) is 0 Å². The second kappa shape index (κ2) is 4.29. The summed E-state index contributed by atoms with van der Waals surface area (Å²) in [7, 11) is 0. The average Bonchev–Trinajstić information content (AvgIpc) is 2.84. The molecule has 1 N–H and O–H groups in total. The molecule has 0 aliphatic heterocycles. The van der Waals surface area contributed by atoms with Crippen molar-refractivity contribution in [2.75, 3.05) is 0 Å². The van der Waals surface area contributed by atoms with Crippen molar-refractivity contribution in [2.45, 2.75) is 32.6 Å². The van der Waals surface area contributed by atoms with Crippen LogP contribution in [0.2, 0.25) is 0 Å². The minimum atomic E-state index is -0.275. The van der Waals surface area contributed by atoms with Crippen molar-refractivity contribution in [3.05, 3.63) is 23.7 Å². The smallest absolute Gasteiger partial charge is 0.307 e. The third-order valence-electron chi connectivity index (χ3n) is 2.46. The van der Waals surface area contributed by atoms with Crippen LogP contribution >= 0.6 is 0 Å². The zero-order valence-corrected chi connectivity index (χ0v) is 8.75. The first kappa shape index (κ1) is 9.96. The molecule has 1 heterocycles. The first-order chi connectivity index (χ1) is 7.25. The number of furan rings is 1. The van der Waals surface area contributed by atoms with E-state index >= 15 is 0 Å². The predicted molar refractivity (Wildman–Crippen MR) is 56.8 cm³/mol. The average molecular weight is 206 g/mol. The van der Waals surface area contributed by atoms with E-state index in [1.54, 1.807) is 19.1 Å². The summed E-state index contributed by atoms with van der Waals surface area (Å²) < 4.78 is 5.18. The first-order valence-electron chi connectivity index (χ1n) is 5.18. The summed E-state index contributed by atoms with van der Waals surface area (Å²) in [6, 6.07) is 3.41. The number of carbonyl (C=O) groups excluding carboxylic acids is 1. The fraction of sp³-hybridized carbons (Fsp3) is 0.455. The quantitative estimate of drug-likeness (QED) is 0.754. The van der Waals surface area contributed by atoms with Gasteiger partial charge in [-0.1, -0.05) is 0 Å². The van der Waals surface area contributed by atoms with Gasteiger partial charge in [0.1, 0.15) is 5.76 Å². The van der Waals surface area contributed by atoms with Crippen molar-refractivity contribution in [3.8, 4) is 0 Å². The van der Waals surface area contributed by atoms with Crippen molar-refractivity contribution >= 4 is 11.6 Å². The van der Waals surface area contributed by atoms with E-state index in [1.165, 1.54) is 12.8 Å². The van der Waals surface area contributed by atoms with E-state index in [4.69, 9.17) is 4.42 Å². The molecule has 15 heavy (non-hydrogen) atoms. The highest BCUT2D eigenvalue weighted by atomic mass is 16.3. The topological polar surface area (TPSA) is 54.6 Å². The molecule has 1 saturated carbocycles. The van der Waals surface area contributed by atoms with Gasteiger partial charge < -0.3 is 4.42 Å². The van der Waals surface area contributed by atoms with Gasteiger partial charge in [-0.2, -0.15) is 5.10 Å². The lowest BCUT2D eigenvalue weighted by Gasteiger charge is -1.97. The Morgan fingerprint density at radius 3 is 2.73 bits per heavy atom. The molecule has 1 aromatic rings. The van der Waals surface area contributed by atoms with Gasteiger partial charge in [0.05, 0.1) is 0 Å². The van der Waals surface area contributed by atoms with Crippen LogP contribution < -0.4 is 5.43 Å². The van der Waals surface area contributed by atoms with E-state index in [2.05, 4.69) is 10.5 Å². The predicted octanol–water partition coefficient (Wildman–Crippen LogP) is 2.25. The Bertz CT molecular complexity index is 385. The van der Waals surface area contributed by atoms with Crippen molar-refractivity contribution < 1.29 is 9.21 Å². The maximum Gasteiger partial charge on any atom is 0.307 e. The van der Waals surface area contributed by atoms with E-state index < -0.39 is 0 Å². The lowest BCUT2D eigenvalue weighted by Crippen LogP contribution is -2.18. The van der Waals surface area contributed by atoms with Gasteiger partial charge in [-0.05, 0) is 44.7 Å². The number of aryl methyl sites for hydroxylation is 1. The number of nitrogens with zero attached hydrogens (tertiary/aromatic N) is 1. The molecular weight excluding hydrogens is 192 g/mol. The molecule has 0 atom stereocenters. The Morgan fingerprint density at radius 2 is 2.13 bits per heavy atom. The van der Waals surface area contributed by atoms with Crippen molar-refractivity contribution in [2.24, 2.45) is 5.10 Å². The van der Waals surface area contributed by atoms with Gasteiger partial charge in [-0.3, -0.25) is 4.79 Å². The molecule has 4 nitrogen and oxygen atoms in total. The molecule has 1 aliphatic carbocycles. The lowest BCUT2D eigenvalue weighted by atomic mass is 10.3. The molecule has 0 saturated heterocycles. The largest absolute Gasteiger partial charge is 0.456 e. The number of hydrogen-bond donors (Lipinski definition) is 1. The van der Waals surface area contributed by atoms with Crippen LogP contribution in [0.4, 0.5) is 0 Å². The van der Waals surface area contributed by atoms with Gasteiger partial charge in [0.25, 0.3) is 0 Å².